The number of halogens is 2. The summed E-state index contributed by atoms with van der Waals surface area (Å²) in [6, 6.07) is 9.08. The first-order chi connectivity index (χ1) is 17.4. The summed E-state index contributed by atoms with van der Waals surface area (Å²) in [6.07, 6.45) is 1.49. The molecule has 0 bridgehead atoms. The largest absolute Gasteiger partial charge is 0.486 e. The van der Waals surface area contributed by atoms with Crippen LogP contribution >= 0.6 is 0 Å². The zero-order valence-electron chi connectivity index (χ0n) is 20.6. The summed E-state index contributed by atoms with van der Waals surface area (Å²) in [5.74, 6) is -0.547. The average Bonchev–Trinajstić information content (AvgIpc) is 2.89. The lowest BCUT2D eigenvalue weighted by Crippen LogP contribution is -2.43. The second-order valence-electron chi connectivity index (χ2n) is 9.46. The van der Waals surface area contributed by atoms with Crippen molar-refractivity contribution in [2.24, 2.45) is 0 Å². The minimum absolute atomic E-state index is 0.0517. The second-order valence-corrected chi connectivity index (χ2v) is 9.46. The van der Waals surface area contributed by atoms with Crippen LogP contribution in [0, 0.1) is 11.6 Å². The number of hydrogen-bond acceptors (Lipinski definition) is 7. The third kappa shape index (κ3) is 4.85. The fraction of sp³-hybridized carbons (Fsp3) is 0.407. The number of aromatic nitrogens is 2. The van der Waals surface area contributed by atoms with Gasteiger partial charge in [-0.2, -0.15) is 0 Å². The number of rotatable bonds is 6. The molecule has 3 aromatic rings. The third-order valence-electron chi connectivity index (χ3n) is 6.74. The Morgan fingerprint density at radius 1 is 1.06 bits per heavy atom. The Morgan fingerprint density at radius 2 is 1.86 bits per heavy atom. The number of fused-ring (bicyclic) bond motifs is 1. The Bertz CT molecular complexity index is 1250. The van der Waals surface area contributed by atoms with Crippen LogP contribution in [0.15, 0.2) is 36.5 Å². The molecule has 0 amide bonds. The maximum absolute atomic E-state index is 15.0. The van der Waals surface area contributed by atoms with E-state index in [2.05, 4.69) is 20.2 Å². The van der Waals surface area contributed by atoms with Gasteiger partial charge >= 0.3 is 0 Å². The highest BCUT2D eigenvalue weighted by Crippen LogP contribution is 2.39. The SMILES string of the molecule is CC(C)N1CCOc2c(F)cc(-c3nc(Cc4ccc(N5CCNCC5)c(CO)c4)ncc3F)cc21. The summed E-state index contributed by atoms with van der Waals surface area (Å²) in [6.45, 7) is 8.58. The van der Waals surface area contributed by atoms with Crippen LogP contribution in [-0.2, 0) is 13.0 Å². The molecule has 190 valence electrons. The normalized spacial score (nSPS) is 15.7. The van der Waals surface area contributed by atoms with E-state index in [1.54, 1.807) is 6.07 Å². The van der Waals surface area contributed by atoms with Crippen LogP contribution in [0.3, 0.4) is 0 Å². The number of benzene rings is 2. The molecule has 2 aliphatic heterocycles. The summed E-state index contributed by atoms with van der Waals surface area (Å²) in [5, 5.41) is 13.3. The number of anilines is 2. The van der Waals surface area contributed by atoms with Crippen molar-refractivity contribution < 1.29 is 18.6 Å². The molecule has 2 N–H and O–H groups in total. The lowest BCUT2D eigenvalue weighted by atomic mass is 10.0. The van der Waals surface area contributed by atoms with Gasteiger partial charge in [0.15, 0.2) is 17.4 Å². The highest BCUT2D eigenvalue weighted by atomic mass is 19.1. The van der Waals surface area contributed by atoms with Crippen molar-refractivity contribution in [2.45, 2.75) is 32.9 Å². The first-order valence-electron chi connectivity index (χ1n) is 12.4. The highest BCUT2D eigenvalue weighted by Gasteiger charge is 2.26. The van der Waals surface area contributed by atoms with Gasteiger partial charge in [0.05, 0.1) is 25.0 Å². The van der Waals surface area contributed by atoms with E-state index in [-0.39, 0.29) is 24.1 Å². The Labute approximate surface area is 209 Å². The number of nitrogens with zero attached hydrogens (tertiary/aromatic N) is 4. The van der Waals surface area contributed by atoms with Gasteiger partial charge in [-0.1, -0.05) is 12.1 Å². The molecule has 3 heterocycles. The van der Waals surface area contributed by atoms with Crippen molar-refractivity contribution in [3.05, 3.63) is 65.1 Å². The van der Waals surface area contributed by atoms with Crippen LogP contribution in [0.1, 0.15) is 30.8 Å². The molecule has 0 aliphatic carbocycles. The molecule has 0 saturated carbocycles. The van der Waals surface area contributed by atoms with E-state index in [9.17, 15) is 13.9 Å². The van der Waals surface area contributed by atoms with E-state index in [1.807, 2.05) is 36.9 Å². The monoisotopic (exact) mass is 495 g/mol. The number of hydrogen-bond donors (Lipinski definition) is 2. The van der Waals surface area contributed by atoms with Gasteiger partial charge < -0.3 is 25.0 Å². The lowest BCUT2D eigenvalue weighted by molar-refractivity contribution is 0.282. The van der Waals surface area contributed by atoms with Gasteiger partial charge in [0.25, 0.3) is 0 Å². The van der Waals surface area contributed by atoms with Gasteiger partial charge in [0.1, 0.15) is 18.1 Å². The Hall–Kier alpha value is -3.30. The molecule has 7 nitrogen and oxygen atoms in total. The lowest BCUT2D eigenvalue weighted by Gasteiger charge is -2.34. The Morgan fingerprint density at radius 3 is 2.61 bits per heavy atom. The number of aliphatic hydroxyl groups is 1. The second kappa shape index (κ2) is 10.4. The summed E-state index contributed by atoms with van der Waals surface area (Å²) in [4.78, 5) is 13.0. The topological polar surface area (TPSA) is 73.8 Å². The molecule has 1 aromatic heterocycles. The van der Waals surface area contributed by atoms with Gasteiger partial charge in [-0.15, -0.1) is 0 Å². The van der Waals surface area contributed by atoms with Crippen molar-refractivity contribution in [3.8, 4) is 17.0 Å². The summed E-state index contributed by atoms with van der Waals surface area (Å²) < 4.78 is 35.4. The van der Waals surface area contributed by atoms with Crippen LogP contribution in [0.25, 0.3) is 11.3 Å². The van der Waals surface area contributed by atoms with Gasteiger partial charge in [0, 0.05) is 55.5 Å². The molecular formula is C27H31F2N5O2. The van der Waals surface area contributed by atoms with Crippen molar-refractivity contribution in [2.75, 3.05) is 49.1 Å². The van der Waals surface area contributed by atoms with E-state index in [4.69, 9.17) is 4.74 Å². The zero-order chi connectivity index (χ0) is 25.2. The number of aliphatic hydroxyl groups excluding tert-OH is 1. The molecule has 9 heteroatoms. The van der Waals surface area contributed by atoms with E-state index in [1.165, 1.54) is 6.07 Å². The molecule has 36 heavy (non-hydrogen) atoms. The molecule has 0 unspecified atom stereocenters. The Balaban J connectivity index is 1.45. The first kappa shape index (κ1) is 24.4. The molecular weight excluding hydrogens is 464 g/mol. The van der Waals surface area contributed by atoms with Crippen molar-refractivity contribution in [1.82, 2.24) is 15.3 Å². The minimum atomic E-state index is -0.615. The molecule has 0 radical (unpaired) electrons. The van der Waals surface area contributed by atoms with Gasteiger partial charge in [-0.3, -0.25) is 0 Å². The van der Waals surface area contributed by atoms with Crippen LogP contribution < -0.4 is 19.9 Å². The first-order valence-corrected chi connectivity index (χ1v) is 12.4. The fourth-order valence-electron chi connectivity index (χ4n) is 4.94. The number of ether oxygens (including phenoxy) is 1. The van der Waals surface area contributed by atoms with Gasteiger partial charge in [-0.25, -0.2) is 18.7 Å². The summed E-state index contributed by atoms with van der Waals surface area (Å²) in [7, 11) is 0. The third-order valence-corrected chi connectivity index (χ3v) is 6.74. The molecule has 1 fully saturated rings. The molecule has 1 saturated heterocycles. The van der Waals surface area contributed by atoms with Crippen molar-refractivity contribution in [1.29, 1.82) is 0 Å². The van der Waals surface area contributed by atoms with E-state index >= 15 is 0 Å². The maximum atomic E-state index is 15.0. The van der Waals surface area contributed by atoms with E-state index in [0.29, 0.717) is 36.6 Å². The van der Waals surface area contributed by atoms with Gasteiger partial charge in [0.2, 0.25) is 0 Å². The smallest absolute Gasteiger partial charge is 0.178 e. The van der Waals surface area contributed by atoms with Crippen LogP contribution in [0.4, 0.5) is 20.2 Å². The van der Waals surface area contributed by atoms with Crippen LogP contribution in [0.5, 0.6) is 5.75 Å². The maximum Gasteiger partial charge on any atom is 0.178 e. The van der Waals surface area contributed by atoms with Crippen LogP contribution in [0.2, 0.25) is 0 Å². The predicted molar refractivity (Wildman–Crippen MR) is 136 cm³/mol. The van der Waals surface area contributed by atoms with Crippen molar-refractivity contribution in [3.63, 3.8) is 0 Å². The standard InChI is InChI=1S/C27H31F2N5O2/c1-17(2)34-9-10-36-27-21(28)13-19(14-24(27)34)26-22(29)15-31-25(32-26)12-18-3-4-23(20(11-18)16-35)33-7-5-30-6-8-33/h3-4,11,13-15,17,30,35H,5-10,12,16H2,1-2H3. The predicted octanol–water partition coefficient (Wildman–Crippen LogP) is 3.52. The van der Waals surface area contributed by atoms with Crippen molar-refractivity contribution >= 4 is 11.4 Å². The van der Waals surface area contributed by atoms with Crippen LogP contribution in [-0.4, -0.2) is 60.4 Å². The molecule has 0 atom stereocenters. The highest BCUT2D eigenvalue weighted by molar-refractivity contribution is 5.72. The quantitative estimate of drug-likeness (QED) is 0.542. The fourth-order valence-corrected chi connectivity index (χ4v) is 4.94. The minimum Gasteiger partial charge on any atom is -0.486 e. The molecule has 2 aromatic carbocycles. The molecule has 5 rings (SSSR count). The Kier molecular flexibility index (Phi) is 7.02. The summed E-state index contributed by atoms with van der Waals surface area (Å²) >= 11 is 0. The zero-order valence-corrected chi connectivity index (χ0v) is 20.6. The van der Waals surface area contributed by atoms with E-state index in [0.717, 1.165) is 49.2 Å². The average molecular weight is 496 g/mol. The van der Waals surface area contributed by atoms with E-state index < -0.39 is 11.6 Å². The molecule has 2 aliphatic rings. The number of piperazine rings is 1. The van der Waals surface area contributed by atoms with Gasteiger partial charge in [-0.05, 0) is 37.6 Å². The summed E-state index contributed by atoms with van der Waals surface area (Å²) in [5.41, 5.74) is 3.75. The molecule has 0 spiro atoms. The number of nitrogens with one attached hydrogen (secondary N) is 1.